The highest BCUT2D eigenvalue weighted by Gasteiger charge is 2.21. The average Bonchev–Trinajstić information content (AvgIpc) is 2.69. The Labute approximate surface area is 93.1 Å². The Kier molecular flexibility index (Phi) is 4.59. The molecule has 0 fully saturated rings. The molecule has 0 aliphatic carbocycles. The lowest BCUT2D eigenvalue weighted by atomic mass is 10.1. The quantitative estimate of drug-likeness (QED) is 0.369. The fraction of sp³-hybridized carbons (Fsp3) is 0.556. The van der Waals surface area contributed by atoms with Crippen LogP contribution in [0.15, 0.2) is 11.9 Å². The first-order chi connectivity index (χ1) is 7.63. The van der Waals surface area contributed by atoms with Crippen molar-refractivity contribution in [3.63, 3.8) is 0 Å². The number of aliphatic carboxylic acids is 1. The van der Waals surface area contributed by atoms with Crippen LogP contribution in [0.4, 0.5) is 0 Å². The molecular formula is C9H16N4O3. The van der Waals surface area contributed by atoms with E-state index in [1.807, 2.05) is 0 Å². The monoisotopic (exact) mass is 228 g/mol. The molecule has 0 radical (unpaired) electrons. The molecule has 16 heavy (non-hydrogen) atoms. The third-order valence-electron chi connectivity index (χ3n) is 2.12. The van der Waals surface area contributed by atoms with Gasteiger partial charge >= 0.3 is 5.97 Å². The molecule has 1 atom stereocenters. The maximum atomic E-state index is 11.2. The van der Waals surface area contributed by atoms with Crippen LogP contribution < -0.4 is 21.7 Å². The molecule has 1 rings (SSSR count). The lowest BCUT2D eigenvalue weighted by molar-refractivity contribution is -0.141. The Balaban J connectivity index is 2.47. The van der Waals surface area contributed by atoms with E-state index in [1.54, 1.807) is 6.20 Å². The molecule has 0 bridgehead atoms. The zero-order valence-corrected chi connectivity index (χ0v) is 8.82. The van der Waals surface area contributed by atoms with Gasteiger partial charge in [-0.05, 0) is 0 Å². The van der Waals surface area contributed by atoms with Crippen LogP contribution in [0, 0.1) is 0 Å². The lowest BCUT2D eigenvalue weighted by Crippen LogP contribution is -2.42. The van der Waals surface area contributed by atoms with Crippen LogP contribution in [0.1, 0.15) is 12.8 Å². The minimum absolute atomic E-state index is 0.133. The van der Waals surface area contributed by atoms with E-state index >= 15 is 0 Å². The van der Waals surface area contributed by atoms with Crippen LogP contribution in [-0.4, -0.2) is 36.2 Å². The van der Waals surface area contributed by atoms with Crippen LogP contribution in [0.25, 0.3) is 0 Å². The van der Waals surface area contributed by atoms with Gasteiger partial charge in [0.15, 0.2) is 0 Å². The molecule has 1 heterocycles. The van der Waals surface area contributed by atoms with Crippen molar-refractivity contribution in [3.8, 4) is 0 Å². The summed E-state index contributed by atoms with van der Waals surface area (Å²) < 4.78 is 0. The van der Waals surface area contributed by atoms with Gasteiger partial charge in [-0.25, -0.2) is 4.79 Å². The Morgan fingerprint density at radius 3 is 2.88 bits per heavy atom. The van der Waals surface area contributed by atoms with E-state index in [2.05, 4.69) is 16.0 Å². The SMILES string of the molecule is NCCC(=O)N[C@@H](CC1=CNCN1)C(=O)O. The van der Waals surface area contributed by atoms with Crippen molar-refractivity contribution in [1.29, 1.82) is 0 Å². The summed E-state index contributed by atoms with van der Waals surface area (Å²) in [6, 6.07) is -0.919. The normalized spacial score (nSPS) is 15.7. The molecule has 0 aromatic heterocycles. The second kappa shape index (κ2) is 5.96. The summed E-state index contributed by atoms with van der Waals surface area (Å²) in [4.78, 5) is 22.1. The number of carboxylic acid groups (broad SMARTS) is 1. The molecule has 0 aromatic rings. The van der Waals surface area contributed by atoms with Crippen LogP contribution in [0.3, 0.4) is 0 Å². The van der Waals surface area contributed by atoms with Crippen molar-refractivity contribution in [1.82, 2.24) is 16.0 Å². The van der Waals surface area contributed by atoms with E-state index in [0.717, 1.165) is 5.70 Å². The highest BCUT2D eigenvalue weighted by Crippen LogP contribution is 2.04. The number of rotatable bonds is 6. The van der Waals surface area contributed by atoms with E-state index in [4.69, 9.17) is 10.8 Å². The Bertz CT molecular complexity index is 303. The molecule has 0 spiro atoms. The van der Waals surface area contributed by atoms with Crippen LogP contribution in [-0.2, 0) is 9.59 Å². The molecule has 7 nitrogen and oxygen atoms in total. The first-order valence-corrected chi connectivity index (χ1v) is 5.02. The standard InChI is InChI=1S/C9H16N4O3/c10-2-1-8(14)13-7(9(15)16)3-6-4-11-5-12-6/h4,7,11-12H,1-3,5,10H2,(H,13,14)(H,15,16)/t7-/m0/s1. The Hall–Kier alpha value is -1.76. The topological polar surface area (TPSA) is 116 Å². The van der Waals surface area contributed by atoms with Gasteiger partial charge in [-0.3, -0.25) is 4.79 Å². The molecule has 1 amide bonds. The minimum Gasteiger partial charge on any atom is -0.480 e. The number of nitrogens with two attached hydrogens (primary N) is 1. The molecule has 7 heteroatoms. The molecule has 0 saturated carbocycles. The molecule has 1 aliphatic heterocycles. The molecule has 0 aromatic carbocycles. The number of nitrogens with one attached hydrogen (secondary N) is 3. The third-order valence-corrected chi connectivity index (χ3v) is 2.12. The van der Waals surface area contributed by atoms with Gasteiger partial charge in [-0.2, -0.15) is 0 Å². The van der Waals surface area contributed by atoms with Crippen LogP contribution in [0.2, 0.25) is 0 Å². The van der Waals surface area contributed by atoms with E-state index < -0.39 is 12.0 Å². The van der Waals surface area contributed by atoms with Gasteiger partial charge in [0.05, 0.1) is 6.67 Å². The van der Waals surface area contributed by atoms with Crippen molar-refractivity contribution in [2.75, 3.05) is 13.2 Å². The molecule has 0 unspecified atom stereocenters. The predicted molar refractivity (Wildman–Crippen MR) is 57.1 cm³/mol. The highest BCUT2D eigenvalue weighted by molar-refractivity contribution is 5.83. The van der Waals surface area contributed by atoms with E-state index in [0.29, 0.717) is 6.67 Å². The number of hydrogen-bond donors (Lipinski definition) is 5. The summed E-state index contributed by atoms with van der Waals surface area (Å²) in [5.41, 5.74) is 5.97. The lowest BCUT2D eigenvalue weighted by Gasteiger charge is -2.14. The summed E-state index contributed by atoms with van der Waals surface area (Å²) in [6.07, 6.45) is 2.07. The predicted octanol–water partition coefficient (Wildman–Crippen LogP) is -1.71. The fourth-order valence-electron chi connectivity index (χ4n) is 1.34. The van der Waals surface area contributed by atoms with Gasteiger partial charge in [0.2, 0.25) is 5.91 Å². The van der Waals surface area contributed by atoms with Gasteiger partial charge in [0.1, 0.15) is 6.04 Å². The van der Waals surface area contributed by atoms with Crippen molar-refractivity contribution < 1.29 is 14.7 Å². The van der Waals surface area contributed by atoms with E-state index in [-0.39, 0.29) is 25.3 Å². The van der Waals surface area contributed by atoms with Crippen LogP contribution in [0.5, 0.6) is 0 Å². The van der Waals surface area contributed by atoms with E-state index in [1.165, 1.54) is 0 Å². The van der Waals surface area contributed by atoms with Crippen molar-refractivity contribution in [2.24, 2.45) is 5.73 Å². The average molecular weight is 228 g/mol. The fourth-order valence-corrected chi connectivity index (χ4v) is 1.34. The second-order valence-corrected chi connectivity index (χ2v) is 3.43. The van der Waals surface area contributed by atoms with Gasteiger partial charge in [0, 0.05) is 31.3 Å². The van der Waals surface area contributed by atoms with Crippen molar-refractivity contribution in [3.05, 3.63) is 11.9 Å². The number of carbonyl (C=O) groups is 2. The van der Waals surface area contributed by atoms with Gasteiger partial charge in [0.25, 0.3) is 0 Å². The zero-order valence-electron chi connectivity index (χ0n) is 8.82. The molecular weight excluding hydrogens is 212 g/mol. The summed E-state index contributed by atoms with van der Waals surface area (Å²) in [6.45, 7) is 0.791. The molecule has 1 aliphatic rings. The summed E-state index contributed by atoms with van der Waals surface area (Å²) in [5, 5.41) is 17.2. The number of amides is 1. The first kappa shape index (κ1) is 12.3. The van der Waals surface area contributed by atoms with Crippen molar-refractivity contribution in [2.45, 2.75) is 18.9 Å². The number of carbonyl (C=O) groups excluding carboxylic acids is 1. The summed E-state index contributed by atoms with van der Waals surface area (Å²) in [5.74, 6) is -1.40. The molecule has 0 saturated heterocycles. The van der Waals surface area contributed by atoms with Crippen LogP contribution >= 0.6 is 0 Å². The Morgan fingerprint density at radius 2 is 2.38 bits per heavy atom. The Morgan fingerprint density at radius 1 is 1.62 bits per heavy atom. The van der Waals surface area contributed by atoms with Crippen molar-refractivity contribution >= 4 is 11.9 Å². The highest BCUT2D eigenvalue weighted by atomic mass is 16.4. The maximum Gasteiger partial charge on any atom is 0.326 e. The largest absolute Gasteiger partial charge is 0.480 e. The zero-order chi connectivity index (χ0) is 12.0. The van der Waals surface area contributed by atoms with Gasteiger partial charge < -0.3 is 26.8 Å². The molecule has 6 N–H and O–H groups in total. The smallest absolute Gasteiger partial charge is 0.326 e. The number of hydrogen-bond acceptors (Lipinski definition) is 5. The van der Waals surface area contributed by atoms with Gasteiger partial charge in [-0.15, -0.1) is 0 Å². The second-order valence-electron chi connectivity index (χ2n) is 3.43. The molecule has 90 valence electrons. The van der Waals surface area contributed by atoms with E-state index in [9.17, 15) is 9.59 Å². The van der Waals surface area contributed by atoms with Gasteiger partial charge in [-0.1, -0.05) is 0 Å². The first-order valence-electron chi connectivity index (χ1n) is 5.02. The number of carboxylic acids is 1. The third kappa shape index (κ3) is 3.77. The summed E-state index contributed by atoms with van der Waals surface area (Å²) in [7, 11) is 0. The summed E-state index contributed by atoms with van der Waals surface area (Å²) >= 11 is 0. The minimum atomic E-state index is -1.06. The maximum absolute atomic E-state index is 11.2.